The second-order valence-corrected chi connectivity index (χ2v) is 13.0. The minimum Gasteiger partial charge on any atom is -0.495 e. The largest absolute Gasteiger partial charge is 0.495 e. The van der Waals surface area contributed by atoms with Gasteiger partial charge < -0.3 is 9.64 Å². The maximum Gasteiger partial charge on any atom is 0.303 e. The van der Waals surface area contributed by atoms with E-state index in [1.807, 2.05) is 41.1 Å². The summed E-state index contributed by atoms with van der Waals surface area (Å²) < 4.78 is 45.2. The van der Waals surface area contributed by atoms with Gasteiger partial charge in [-0.3, -0.25) is 14.6 Å². The van der Waals surface area contributed by atoms with E-state index >= 15 is 0 Å². The van der Waals surface area contributed by atoms with E-state index < -0.39 is 28.2 Å². The number of benzene rings is 1. The van der Waals surface area contributed by atoms with Crippen LogP contribution in [0.5, 0.6) is 5.75 Å². The van der Waals surface area contributed by atoms with E-state index in [0.29, 0.717) is 40.7 Å². The van der Waals surface area contributed by atoms with Gasteiger partial charge in [-0.1, -0.05) is 30.3 Å². The summed E-state index contributed by atoms with van der Waals surface area (Å²) in [6.07, 6.45) is 4.47. The Hall–Kier alpha value is -3.42. The van der Waals surface area contributed by atoms with Gasteiger partial charge in [0.05, 0.1) is 31.0 Å². The van der Waals surface area contributed by atoms with Crippen LogP contribution in [0.15, 0.2) is 48.7 Å². The highest BCUT2D eigenvalue weighted by Crippen LogP contribution is 2.49. The number of amides is 2. The molecule has 2 amide bonds. The molecular weight excluding hydrogens is 569 g/mol. The topological polar surface area (TPSA) is 122 Å². The van der Waals surface area contributed by atoms with Crippen LogP contribution < -0.4 is 9.46 Å². The van der Waals surface area contributed by atoms with Gasteiger partial charge in [0.25, 0.3) is 5.91 Å². The van der Waals surface area contributed by atoms with Crippen LogP contribution in [-0.2, 0) is 33.4 Å². The Balaban J connectivity index is 1.54. The van der Waals surface area contributed by atoms with E-state index in [-0.39, 0.29) is 24.7 Å². The minimum atomic E-state index is -4.22. The van der Waals surface area contributed by atoms with Gasteiger partial charge in [0.1, 0.15) is 23.1 Å². The average Bonchev–Trinajstić information content (AvgIpc) is 3.69. The number of aromatic nitrogens is 2. The molecule has 0 unspecified atom stereocenters. The Morgan fingerprint density at radius 1 is 1.15 bits per heavy atom. The van der Waals surface area contributed by atoms with Crippen LogP contribution in [0, 0.1) is 6.92 Å². The molecule has 13 heteroatoms. The second-order valence-electron chi connectivity index (χ2n) is 9.94. The Kier molecular flexibility index (Phi) is 9.72. The van der Waals surface area contributed by atoms with Crippen molar-refractivity contribution in [2.45, 2.75) is 44.6 Å². The Bertz CT molecular complexity index is 1460. The highest BCUT2D eigenvalue weighted by Gasteiger charge is 2.54. The Morgan fingerprint density at radius 2 is 1.88 bits per heavy atom. The fourth-order valence-electron chi connectivity index (χ4n) is 4.54. The Morgan fingerprint density at radius 3 is 2.49 bits per heavy atom. The quantitative estimate of drug-likeness (QED) is 0.300. The van der Waals surface area contributed by atoms with Crippen LogP contribution >= 0.6 is 11.3 Å². The molecule has 1 fully saturated rings. The minimum absolute atomic E-state index is 0.0446. The molecule has 0 atom stereocenters. The first-order chi connectivity index (χ1) is 19.6. The van der Waals surface area contributed by atoms with Gasteiger partial charge in [0.2, 0.25) is 5.91 Å². The highest BCUT2D eigenvalue weighted by molar-refractivity contribution is 7.87. The van der Waals surface area contributed by atoms with Crippen molar-refractivity contribution in [3.63, 3.8) is 0 Å². The van der Waals surface area contributed by atoms with Gasteiger partial charge in [-0.05, 0) is 50.3 Å². The standard InChI is InChI=1S/C28H34FN5O5S2/c1-20-25(26(35)32-41(37,38)33(2)17-15-29)31-24(40-20)19-34(16-7-10-21-8-5-4-6-9-21)27(36)28(13-14-28)23-12-11-22(39-3)18-30-23/h4-6,8-9,11-12,18H,7,10,13-17,19H2,1-3H3,(H,32,35). The van der Waals surface area contributed by atoms with Gasteiger partial charge in [0.15, 0.2) is 0 Å². The first-order valence-electron chi connectivity index (χ1n) is 13.2. The average molecular weight is 604 g/mol. The van der Waals surface area contributed by atoms with Crippen molar-refractivity contribution in [3.8, 4) is 5.75 Å². The van der Waals surface area contributed by atoms with Crippen molar-refractivity contribution < 1.29 is 27.1 Å². The van der Waals surface area contributed by atoms with Gasteiger partial charge in [-0.15, -0.1) is 11.3 Å². The molecule has 1 saturated carbocycles. The molecule has 41 heavy (non-hydrogen) atoms. The lowest BCUT2D eigenvalue weighted by Gasteiger charge is -2.27. The van der Waals surface area contributed by atoms with Crippen molar-refractivity contribution in [2.75, 3.05) is 33.9 Å². The zero-order valence-electron chi connectivity index (χ0n) is 23.3. The normalized spacial score (nSPS) is 14.1. The summed E-state index contributed by atoms with van der Waals surface area (Å²) in [6.45, 7) is 1.04. The van der Waals surface area contributed by atoms with E-state index in [4.69, 9.17) is 4.74 Å². The number of halogens is 1. The van der Waals surface area contributed by atoms with Crippen LogP contribution in [-0.4, -0.2) is 73.3 Å². The molecule has 0 spiro atoms. The number of aryl methyl sites for hydroxylation is 2. The van der Waals surface area contributed by atoms with Gasteiger partial charge >= 0.3 is 10.2 Å². The fraction of sp³-hybridized carbons (Fsp3) is 0.429. The third kappa shape index (κ3) is 7.27. The number of alkyl halides is 1. The Labute approximate surface area is 243 Å². The zero-order valence-corrected chi connectivity index (χ0v) is 24.9. The van der Waals surface area contributed by atoms with Crippen molar-refractivity contribution in [1.82, 2.24) is 23.9 Å². The molecular formula is C28H34FN5O5S2. The maximum absolute atomic E-state index is 14.0. The molecule has 0 radical (unpaired) electrons. The third-order valence-electron chi connectivity index (χ3n) is 7.06. The predicted octanol–water partition coefficient (Wildman–Crippen LogP) is 3.42. The lowest BCUT2D eigenvalue weighted by Crippen LogP contribution is -2.42. The number of nitrogens with one attached hydrogen (secondary N) is 1. The number of carbonyl (C=O) groups excluding carboxylic acids is 2. The number of rotatable bonds is 14. The van der Waals surface area contributed by atoms with Crippen LogP contribution in [0.3, 0.4) is 0 Å². The van der Waals surface area contributed by atoms with E-state index in [2.05, 4.69) is 9.97 Å². The predicted molar refractivity (Wildman–Crippen MR) is 154 cm³/mol. The van der Waals surface area contributed by atoms with Gasteiger partial charge in [-0.25, -0.2) is 14.1 Å². The van der Waals surface area contributed by atoms with E-state index in [0.717, 1.165) is 17.1 Å². The van der Waals surface area contributed by atoms with E-state index in [1.54, 1.807) is 31.2 Å². The number of carbonyl (C=O) groups is 2. The lowest BCUT2D eigenvalue weighted by atomic mass is 9.99. The van der Waals surface area contributed by atoms with Crippen LogP contribution in [0.4, 0.5) is 4.39 Å². The van der Waals surface area contributed by atoms with E-state index in [1.165, 1.54) is 23.9 Å². The van der Waals surface area contributed by atoms with E-state index in [9.17, 15) is 22.4 Å². The molecule has 1 aromatic carbocycles. The first kappa shape index (κ1) is 30.5. The summed E-state index contributed by atoms with van der Waals surface area (Å²) in [4.78, 5) is 38.0. The fourth-order valence-corrected chi connectivity index (χ4v) is 6.28. The molecule has 10 nitrogen and oxygen atoms in total. The zero-order chi connectivity index (χ0) is 29.6. The third-order valence-corrected chi connectivity index (χ3v) is 9.46. The first-order valence-corrected chi connectivity index (χ1v) is 15.5. The summed E-state index contributed by atoms with van der Waals surface area (Å²) >= 11 is 1.23. The number of pyridine rings is 1. The van der Waals surface area contributed by atoms with Gasteiger partial charge in [-0.2, -0.15) is 12.7 Å². The molecule has 1 aliphatic rings. The van der Waals surface area contributed by atoms with Crippen molar-refractivity contribution in [2.24, 2.45) is 0 Å². The molecule has 2 aromatic heterocycles. The molecule has 0 saturated heterocycles. The van der Waals surface area contributed by atoms with Crippen LogP contribution in [0.25, 0.3) is 0 Å². The maximum atomic E-state index is 14.0. The lowest BCUT2D eigenvalue weighted by molar-refractivity contribution is -0.134. The van der Waals surface area contributed by atoms with Crippen molar-refractivity contribution in [1.29, 1.82) is 0 Å². The molecule has 0 aliphatic heterocycles. The molecule has 1 aliphatic carbocycles. The summed E-state index contributed by atoms with van der Waals surface area (Å²) in [6, 6.07) is 13.6. The molecule has 4 rings (SSSR count). The number of hydrogen-bond donors (Lipinski definition) is 1. The summed E-state index contributed by atoms with van der Waals surface area (Å²) in [5.74, 6) is -0.352. The van der Waals surface area contributed by atoms with Gasteiger partial charge in [0, 0.05) is 25.0 Å². The molecule has 2 heterocycles. The summed E-state index contributed by atoms with van der Waals surface area (Å²) in [5.41, 5.74) is 1.09. The van der Waals surface area contributed by atoms with Crippen molar-refractivity contribution >= 4 is 33.4 Å². The summed E-state index contributed by atoms with van der Waals surface area (Å²) in [7, 11) is -1.48. The smallest absolute Gasteiger partial charge is 0.303 e. The number of ether oxygens (including phenoxy) is 1. The molecule has 220 valence electrons. The SMILES string of the molecule is COc1ccc(C2(C(=O)N(CCCc3ccccc3)Cc3nc(C(=O)NS(=O)(=O)N(C)CCF)c(C)s3)CC2)nc1. The second kappa shape index (κ2) is 13.0. The number of methoxy groups -OCH3 is 1. The number of nitrogens with zero attached hydrogens (tertiary/aromatic N) is 4. The van der Waals surface area contributed by atoms with Crippen molar-refractivity contribution in [3.05, 3.63) is 75.5 Å². The number of hydrogen-bond acceptors (Lipinski definition) is 8. The number of thiazole rings is 1. The monoisotopic (exact) mass is 603 g/mol. The van der Waals surface area contributed by atoms with Crippen LogP contribution in [0.2, 0.25) is 0 Å². The molecule has 3 aromatic rings. The summed E-state index contributed by atoms with van der Waals surface area (Å²) in [5, 5.41) is 0.508. The van der Waals surface area contributed by atoms with Crippen LogP contribution in [0.1, 0.15) is 50.9 Å². The highest BCUT2D eigenvalue weighted by atomic mass is 32.2. The molecule has 1 N–H and O–H groups in total. The molecule has 0 bridgehead atoms.